The van der Waals surface area contributed by atoms with E-state index < -0.39 is 5.41 Å². The van der Waals surface area contributed by atoms with Crippen molar-refractivity contribution >= 4 is 16.7 Å². The molecule has 1 spiro atoms. The number of fused-ring (bicyclic) bond motifs is 4. The fraction of sp³-hybridized carbons (Fsp3) is 0.313. The van der Waals surface area contributed by atoms with Gasteiger partial charge in [0.25, 0.3) is 0 Å². The quantitative estimate of drug-likeness (QED) is 0.162. The molecule has 0 amide bonds. The Kier molecular flexibility index (Phi) is 11.1. The lowest BCUT2D eigenvalue weighted by molar-refractivity contribution is 0.590. The van der Waals surface area contributed by atoms with E-state index in [2.05, 4.69) is 268 Å². The first-order chi connectivity index (χ1) is 31.3. The van der Waals surface area contributed by atoms with Crippen LogP contribution >= 0.6 is 0 Å². The summed E-state index contributed by atoms with van der Waals surface area (Å²) in [5.41, 5.74) is 24.2. The van der Waals surface area contributed by atoms with Gasteiger partial charge in [-0.3, -0.25) is 0 Å². The summed E-state index contributed by atoms with van der Waals surface area (Å²) in [6.45, 7) is 34.5. The Balaban J connectivity index is 1.40. The minimum Gasteiger partial charge on any atom is -0.0579 e. The van der Waals surface area contributed by atoms with Gasteiger partial charge >= 0.3 is 0 Å². The van der Waals surface area contributed by atoms with Crippen molar-refractivity contribution in [2.24, 2.45) is 0 Å². The van der Waals surface area contributed by atoms with Gasteiger partial charge in [-0.15, -0.1) is 0 Å². The monoisotopic (exact) mass is 877 g/mol. The van der Waals surface area contributed by atoms with Crippen LogP contribution in [0.5, 0.6) is 0 Å². The SMILES string of the molecule is CC(C)(C)c1ccc(C2=CC3(C(c4ccc(C(C)(C)C)cc4)=C(c4ccc(C(C)(C)C)cc4)c4ccc(-c5ccc(C(C)(C)C)cc5)cc43)c3cc(-c4ccc(C(C)(C)C)cc4)ccc32)cc1. The van der Waals surface area contributed by atoms with E-state index in [1.165, 1.54) is 106 Å². The maximum absolute atomic E-state index is 2.66. The molecule has 9 rings (SSSR count). The Bertz CT molecular complexity index is 2960. The lowest BCUT2D eigenvalue weighted by Gasteiger charge is -2.31. The fourth-order valence-corrected chi connectivity index (χ4v) is 10.5. The fourth-order valence-electron chi connectivity index (χ4n) is 10.5. The third-order valence-corrected chi connectivity index (χ3v) is 14.8. The summed E-state index contributed by atoms with van der Waals surface area (Å²) < 4.78 is 0. The van der Waals surface area contributed by atoms with Crippen LogP contribution in [0.15, 0.2) is 164 Å². The van der Waals surface area contributed by atoms with Gasteiger partial charge in [0, 0.05) is 0 Å². The summed E-state index contributed by atoms with van der Waals surface area (Å²) in [7, 11) is 0. The molecule has 0 heteroatoms. The van der Waals surface area contributed by atoms with E-state index in [0.717, 1.165) is 0 Å². The lowest BCUT2D eigenvalue weighted by Crippen LogP contribution is -2.24. The van der Waals surface area contributed by atoms with E-state index in [1.807, 2.05) is 0 Å². The van der Waals surface area contributed by atoms with Crippen molar-refractivity contribution in [2.45, 2.75) is 136 Å². The van der Waals surface area contributed by atoms with Gasteiger partial charge < -0.3 is 0 Å². The zero-order valence-corrected chi connectivity index (χ0v) is 43.1. The highest BCUT2D eigenvalue weighted by molar-refractivity contribution is 6.13. The van der Waals surface area contributed by atoms with Gasteiger partial charge in [-0.05, 0) is 145 Å². The van der Waals surface area contributed by atoms with Crippen molar-refractivity contribution < 1.29 is 0 Å². The molecule has 0 saturated carbocycles. The van der Waals surface area contributed by atoms with E-state index in [1.54, 1.807) is 0 Å². The second-order valence-electron chi connectivity index (χ2n) is 24.8. The molecular weight excluding hydrogens is 805 g/mol. The third-order valence-electron chi connectivity index (χ3n) is 14.8. The van der Waals surface area contributed by atoms with E-state index >= 15 is 0 Å². The van der Waals surface area contributed by atoms with Crippen LogP contribution in [0.2, 0.25) is 0 Å². The molecule has 1 unspecified atom stereocenters. The third kappa shape index (κ3) is 8.41. The molecule has 340 valence electrons. The average molecular weight is 877 g/mol. The Morgan fingerprint density at radius 2 is 0.552 bits per heavy atom. The minimum absolute atomic E-state index is 0.0238. The second-order valence-corrected chi connectivity index (χ2v) is 24.8. The predicted molar refractivity (Wildman–Crippen MR) is 290 cm³/mol. The number of rotatable bonds is 5. The smallest absolute Gasteiger partial charge is 0.0579 e. The number of hydrogen-bond acceptors (Lipinski definition) is 0. The van der Waals surface area contributed by atoms with Gasteiger partial charge in [0.2, 0.25) is 0 Å². The first-order valence-corrected chi connectivity index (χ1v) is 24.7. The highest BCUT2D eigenvalue weighted by atomic mass is 14.5. The summed E-state index contributed by atoms with van der Waals surface area (Å²) in [4.78, 5) is 0. The van der Waals surface area contributed by atoms with Crippen molar-refractivity contribution in [1.29, 1.82) is 0 Å². The molecule has 7 aromatic rings. The normalized spacial score (nSPS) is 16.4. The van der Waals surface area contributed by atoms with Crippen LogP contribution in [-0.2, 0) is 32.5 Å². The summed E-state index contributed by atoms with van der Waals surface area (Å²) >= 11 is 0. The Hall–Kier alpha value is -5.98. The molecule has 0 aromatic heterocycles. The van der Waals surface area contributed by atoms with Crippen molar-refractivity contribution in [3.63, 3.8) is 0 Å². The maximum Gasteiger partial charge on any atom is 0.0665 e. The lowest BCUT2D eigenvalue weighted by atomic mass is 9.70. The zero-order chi connectivity index (χ0) is 48.1. The Morgan fingerprint density at radius 1 is 0.269 bits per heavy atom. The molecule has 1 atom stereocenters. The maximum atomic E-state index is 2.66. The van der Waals surface area contributed by atoms with Gasteiger partial charge in [0.1, 0.15) is 0 Å². The summed E-state index contributed by atoms with van der Waals surface area (Å²) in [6, 6.07) is 61.8. The number of hydrogen-bond donors (Lipinski definition) is 0. The zero-order valence-electron chi connectivity index (χ0n) is 43.1. The van der Waals surface area contributed by atoms with Crippen LogP contribution in [-0.4, -0.2) is 0 Å². The van der Waals surface area contributed by atoms with Gasteiger partial charge in [-0.1, -0.05) is 256 Å². The Labute approximate surface area is 404 Å². The number of benzene rings is 7. The van der Waals surface area contributed by atoms with Crippen LogP contribution in [0.1, 0.15) is 171 Å². The molecule has 2 aliphatic rings. The van der Waals surface area contributed by atoms with E-state index in [4.69, 9.17) is 0 Å². The highest BCUT2D eigenvalue weighted by Gasteiger charge is 2.50. The molecule has 7 aromatic carbocycles. The summed E-state index contributed by atoms with van der Waals surface area (Å²) in [5.74, 6) is 0. The van der Waals surface area contributed by atoms with Gasteiger partial charge in [-0.2, -0.15) is 0 Å². The summed E-state index contributed by atoms with van der Waals surface area (Å²) in [5, 5.41) is 0. The van der Waals surface area contributed by atoms with Crippen LogP contribution < -0.4 is 0 Å². The molecular formula is C67H72. The largest absolute Gasteiger partial charge is 0.0665 e. The van der Waals surface area contributed by atoms with Crippen LogP contribution in [0.3, 0.4) is 0 Å². The molecule has 0 bridgehead atoms. The highest BCUT2D eigenvalue weighted by Crippen LogP contribution is 2.63. The van der Waals surface area contributed by atoms with Gasteiger partial charge in [-0.25, -0.2) is 0 Å². The average Bonchev–Trinajstić information content (AvgIpc) is 3.77. The number of allylic oxidation sites excluding steroid dienone is 2. The molecule has 0 nitrogen and oxygen atoms in total. The van der Waals surface area contributed by atoms with E-state index in [0.29, 0.717) is 0 Å². The molecule has 0 aliphatic heterocycles. The van der Waals surface area contributed by atoms with Gasteiger partial charge in [0.15, 0.2) is 0 Å². The van der Waals surface area contributed by atoms with Crippen LogP contribution in [0.25, 0.3) is 39.0 Å². The standard InChI is InChI=1S/C67H72/c1-62(2,3)50-28-16-43(17-29-50)48-26-38-55-57(45-20-32-52(33-21-45)64(7,8)9)42-67(58(55)40-48)59-41-49(44-18-30-51(31-19-44)63(4,5)6)27-39-56(59)60(46-22-34-53(35-23-46)65(10,11)12)61(67)47-24-36-54(37-25-47)66(13,14)15/h16-42H,1-15H3. The van der Waals surface area contributed by atoms with E-state index in [-0.39, 0.29) is 27.1 Å². The summed E-state index contributed by atoms with van der Waals surface area (Å²) in [6.07, 6.45) is 2.66. The molecule has 0 heterocycles. The molecule has 0 radical (unpaired) electrons. The topological polar surface area (TPSA) is 0 Å². The van der Waals surface area contributed by atoms with Gasteiger partial charge in [0.05, 0.1) is 5.41 Å². The first kappa shape index (κ1) is 46.1. The molecule has 2 aliphatic carbocycles. The molecule has 0 fully saturated rings. The Morgan fingerprint density at radius 3 is 0.910 bits per heavy atom. The first-order valence-electron chi connectivity index (χ1n) is 24.7. The van der Waals surface area contributed by atoms with Crippen molar-refractivity contribution in [3.8, 4) is 22.3 Å². The van der Waals surface area contributed by atoms with E-state index in [9.17, 15) is 0 Å². The predicted octanol–water partition coefficient (Wildman–Crippen LogP) is 18.2. The van der Waals surface area contributed by atoms with Crippen molar-refractivity contribution in [2.75, 3.05) is 0 Å². The minimum atomic E-state index is -0.618. The van der Waals surface area contributed by atoms with Crippen LogP contribution in [0.4, 0.5) is 0 Å². The second kappa shape index (κ2) is 16.1. The molecule has 0 N–H and O–H groups in total. The van der Waals surface area contributed by atoms with Crippen molar-refractivity contribution in [3.05, 3.63) is 231 Å². The molecule has 67 heavy (non-hydrogen) atoms. The molecule has 0 saturated heterocycles. The van der Waals surface area contributed by atoms with Crippen molar-refractivity contribution in [1.82, 2.24) is 0 Å². The van der Waals surface area contributed by atoms with Crippen LogP contribution in [0, 0.1) is 0 Å².